The Morgan fingerprint density at radius 1 is 1.41 bits per heavy atom. The van der Waals surface area contributed by atoms with Crippen molar-refractivity contribution in [3.05, 3.63) is 22.2 Å². The van der Waals surface area contributed by atoms with E-state index in [2.05, 4.69) is 4.74 Å². The van der Waals surface area contributed by atoms with Crippen LogP contribution in [0.5, 0.6) is 5.75 Å². The number of hydrogen-bond donors (Lipinski definition) is 1. The molecule has 0 fully saturated rings. The van der Waals surface area contributed by atoms with Crippen LogP contribution in [0.15, 0.2) is 17.0 Å². The van der Waals surface area contributed by atoms with E-state index in [4.69, 9.17) is 5.73 Å². The van der Waals surface area contributed by atoms with E-state index in [1.807, 2.05) is 0 Å². The van der Waals surface area contributed by atoms with Crippen molar-refractivity contribution in [3.63, 3.8) is 0 Å². The van der Waals surface area contributed by atoms with Crippen molar-refractivity contribution in [1.82, 2.24) is 0 Å². The summed E-state index contributed by atoms with van der Waals surface area (Å²) < 4.78 is 36.9. The third-order valence-electron chi connectivity index (χ3n) is 1.78. The Bertz CT molecular complexity index is 544. The van der Waals surface area contributed by atoms with Gasteiger partial charge in [0.1, 0.15) is 20.8 Å². The second-order valence-electron chi connectivity index (χ2n) is 2.77. The Morgan fingerprint density at radius 2 is 1.94 bits per heavy atom. The Labute approximate surface area is 109 Å². The maximum absolute atomic E-state index is 10.8. The van der Waals surface area contributed by atoms with Gasteiger partial charge in [-0.1, -0.05) is 0 Å². The summed E-state index contributed by atoms with van der Waals surface area (Å²) >= 11 is 0. The molecule has 0 aromatic heterocycles. The molecule has 0 saturated carbocycles. The molecule has 2 N–H and O–H groups in total. The molecular weight excluding hydrogens is 247 g/mol. The average Bonchev–Trinajstić information content (AvgIpc) is 2.15. The number of nitrogens with two attached hydrogens (primary N) is 1. The smallest absolute Gasteiger partial charge is 0.744 e. The molecule has 0 spiro atoms. The summed E-state index contributed by atoms with van der Waals surface area (Å²) in [4.78, 5) is 8.58. The number of anilines is 1. The van der Waals surface area contributed by atoms with Crippen LogP contribution < -0.4 is 29.3 Å². The first kappa shape index (κ1) is 15.7. The largest absolute Gasteiger partial charge is 1.00 e. The minimum Gasteiger partial charge on any atom is -0.744 e. The van der Waals surface area contributed by atoms with Crippen LogP contribution >= 0.6 is 0 Å². The number of nitrogens with zero attached hydrogens (tertiary/aromatic N) is 1. The molecule has 1 aromatic rings. The van der Waals surface area contributed by atoms with E-state index < -0.39 is 25.6 Å². The van der Waals surface area contributed by atoms with Gasteiger partial charge < -0.3 is 15.0 Å². The zero-order valence-corrected chi connectivity index (χ0v) is 9.85. The van der Waals surface area contributed by atoms with Crippen LogP contribution in [-0.4, -0.2) is 25.0 Å². The minimum absolute atomic E-state index is 0. The van der Waals surface area contributed by atoms with Gasteiger partial charge in [0, 0.05) is 0 Å². The van der Waals surface area contributed by atoms with Crippen molar-refractivity contribution >= 4 is 21.5 Å². The van der Waals surface area contributed by atoms with Gasteiger partial charge in [-0.25, -0.2) is 8.42 Å². The van der Waals surface area contributed by atoms with Gasteiger partial charge in [0.25, 0.3) is 5.69 Å². The summed E-state index contributed by atoms with van der Waals surface area (Å²) in [5.41, 5.74) is 4.32. The number of rotatable bonds is 3. The minimum atomic E-state index is -4.95. The van der Waals surface area contributed by atoms with Crippen LogP contribution in [0.4, 0.5) is 11.4 Å². The fourth-order valence-electron chi connectivity index (χ4n) is 1.08. The van der Waals surface area contributed by atoms with Gasteiger partial charge in [0.05, 0.1) is 23.8 Å². The number of nitro benzene ring substituents is 1. The Balaban J connectivity index is 0.00000256. The van der Waals surface area contributed by atoms with Crippen molar-refractivity contribution in [2.75, 3.05) is 12.8 Å². The van der Waals surface area contributed by atoms with Gasteiger partial charge in [0.2, 0.25) is 0 Å². The zero-order chi connectivity index (χ0) is 12.5. The predicted octanol–water partition coefficient (Wildman–Crippen LogP) is -2.91. The zero-order valence-electron chi connectivity index (χ0n) is 9.04. The molecule has 10 heteroatoms. The molecule has 0 aliphatic rings. The molecule has 0 amide bonds. The summed E-state index contributed by atoms with van der Waals surface area (Å²) in [5.74, 6) is -0.0703. The number of nitro groups is 1. The summed E-state index contributed by atoms with van der Waals surface area (Å²) in [6, 6.07) is 1.50. The topological polar surface area (TPSA) is 136 Å². The maximum atomic E-state index is 10.8. The molecule has 0 saturated heterocycles. The molecule has 0 unspecified atom stereocenters. The SMILES string of the molecule is COc1cc([N+](=O)[O-])c(S(=O)(=O)[O-])cc1N.[Li+]. The average molecular weight is 254 g/mol. The molecule has 0 radical (unpaired) electrons. The van der Waals surface area contributed by atoms with Crippen LogP contribution in [0.2, 0.25) is 0 Å². The molecular formula is C7H7LiN2O6S. The third kappa shape index (κ3) is 3.34. The summed E-state index contributed by atoms with van der Waals surface area (Å²) in [7, 11) is -3.74. The molecule has 1 aromatic carbocycles. The number of ether oxygens (including phenoxy) is 1. The predicted molar refractivity (Wildman–Crippen MR) is 52.0 cm³/mol. The van der Waals surface area contributed by atoms with Gasteiger partial charge in [-0.15, -0.1) is 0 Å². The molecule has 0 heterocycles. The summed E-state index contributed by atoms with van der Waals surface area (Å²) in [6.45, 7) is 0. The van der Waals surface area contributed by atoms with Gasteiger partial charge in [-0.3, -0.25) is 10.1 Å². The van der Waals surface area contributed by atoms with Crippen molar-refractivity contribution in [3.8, 4) is 5.75 Å². The van der Waals surface area contributed by atoms with E-state index in [1.165, 1.54) is 7.11 Å². The quantitative estimate of drug-likeness (QED) is 0.201. The van der Waals surface area contributed by atoms with Gasteiger partial charge in [-0.2, -0.15) is 0 Å². The number of nitrogen functional groups attached to an aromatic ring is 1. The molecule has 0 aliphatic heterocycles. The van der Waals surface area contributed by atoms with Gasteiger partial charge in [0.15, 0.2) is 0 Å². The molecule has 0 aliphatic carbocycles. The number of methoxy groups -OCH3 is 1. The van der Waals surface area contributed by atoms with E-state index >= 15 is 0 Å². The standard InChI is InChI=1S/C7H8N2O6S.Li/c1-15-6-3-5(9(10)11)7(2-4(6)8)16(12,13)14;/h2-3H,8H2,1H3,(H,12,13,14);/q;+1/p-1. The molecule has 88 valence electrons. The number of benzene rings is 1. The Hall–Kier alpha value is -1.27. The van der Waals surface area contributed by atoms with Crippen LogP contribution in [0.1, 0.15) is 0 Å². The fraction of sp³-hybridized carbons (Fsp3) is 0.143. The third-order valence-corrected chi connectivity index (χ3v) is 2.64. The fourth-order valence-corrected chi connectivity index (χ4v) is 1.75. The molecule has 17 heavy (non-hydrogen) atoms. The monoisotopic (exact) mass is 254 g/mol. The normalized spacial score (nSPS) is 10.5. The van der Waals surface area contributed by atoms with Crippen molar-refractivity contribution in [2.45, 2.75) is 4.90 Å². The summed E-state index contributed by atoms with van der Waals surface area (Å²) in [6.07, 6.45) is 0. The second kappa shape index (κ2) is 5.37. The van der Waals surface area contributed by atoms with Crippen molar-refractivity contribution < 1.29 is 41.5 Å². The van der Waals surface area contributed by atoms with E-state index in [9.17, 15) is 23.1 Å². The van der Waals surface area contributed by atoms with Crippen molar-refractivity contribution in [1.29, 1.82) is 0 Å². The summed E-state index contributed by atoms with van der Waals surface area (Å²) in [5, 5.41) is 10.6. The van der Waals surface area contributed by atoms with Gasteiger partial charge in [-0.05, 0) is 6.07 Å². The van der Waals surface area contributed by atoms with E-state index in [-0.39, 0.29) is 30.3 Å². The Morgan fingerprint density at radius 3 is 2.29 bits per heavy atom. The molecule has 0 atom stereocenters. The maximum Gasteiger partial charge on any atom is 1.00 e. The molecule has 8 nitrogen and oxygen atoms in total. The first-order chi connectivity index (χ1) is 7.27. The van der Waals surface area contributed by atoms with Crippen LogP contribution in [0.25, 0.3) is 0 Å². The van der Waals surface area contributed by atoms with E-state index in [0.717, 1.165) is 6.07 Å². The first-order valence-corrected chi connectivity index (χ1v) is 5.26. The van der Waals surface area contributed by atoms with Crippen LogP contribution in [0, 0.1) is 10.1 Å². The van der Waals surface area contributed by atoms with E-state index in [1.54, 1.807) is 0 Å². The Kier molecular flexibility index (Phi) is 4.97. The number of hydrogen-bond acceptors (Lipinski definition) is 7. The first-order valence-electron chi connectivity index (χ1n) is 3.85. The van der Waals surface area contributed by atoms with Gasteiger partial charge >= 0.3 is 18.9 Å². The molecule has 0 bridgehead atoms. The van der Waals surface area contributed by atoms with E-state index in [0.29, 0.717) is 6.07 Å². The van der Waals surface area contributed by atoms with Crippen LogP contribution in [-0.2, 0) is 10.1 Å². The van der Waals surface area contributed by atoms with Crippen LogP contribution in [0.3, 0.4) is 0 Å². The second-order valence-corrected chi connectivity index (χ2v) is 4.12. The van der Waals surface area contributed by atoms with Crippen molar-refractivity contribution in [2.24, 2.45) is 0 Å². The molecule has 1 rings (SSSR count).